The fraction of sp³-hybridized carbons (Fsp3) is 0.875. The molecule has 0 atom stereocenters. The summed E-state index contributed by atoms with van der Waals surface area (Å²) in [5.74, 6) is 0.522. The van der Waals surface area contributed by atoms with Crippen molar-refractivity contribution in [1.29, 1.82) is 0 Å². The summed E-state index contributed by atoms with van der Waals surface area (Å²) < 4.78 is 15.4. The van der Waals surface area contributed by atoms with E-state index in [2.05, 4.69) is 20.8 Å². The number of nitrogens with zero attached hydrogens (tertiary/aromatic N) is 4. The van der Waals surface area contributed by atoms with E-state index >= 15 is 0 Å². The molecule has 0 aliphatic heterocycles. The summed E-state index contributed by atoms with van der Waals surface area (Å²) in [6.45, 7) is 0.307. The summed E-state index contributed by atoms with van der Waals surface area (Å²) >= 11 is 0. The summed E-state index contributed by atoms with van der Waals surface area (Å²) in [5.41, 5.74) is -1.06. The van der Waals surface area contributed by atoms with Crippen molar-refractivity contribution in [3.63, 3.8) is 0 Å². The van der Waals surface area contributed by atoms with Crippen LogP contribution in [0.1, 0.15) is 25.7 Å². The van der Waals surface area contributed by atoms with Gasteiger partial charge < -0.3 is 5.32 Å². The van der Waals surface area contributed by atoms with Gasteiger partial charge in [0, 0.05) is 7.05 Å². The van der Waals surface area contributed by atoms with Gasteiger partial charge in [-0.25, -0.2) is 9.07 Å². The molecule has 0 aromatic carbocycles. The second-order valence-corrected chi connectivity index (χ2v) is 3.84. The quantitative estimate of drug-likeness (QED) is 0.786. The number of hydrogen-bond acceptors (Lipinski definition) is 4. The molecule has 6 heteroatoms. The van der Waals surface area contributed by atoms with Gasteiger partial charge in [0.1, 0.15) is 5.67 Å². The van der Waals surface area contributed by atoms with Gasteiger partial charge in [-0.15, -0.1) is 0 Å². The highest BCUT2D eigenvalue weighted by Gasteiger charge is 2.33. The average Bonchev–Trinajstić information content (AvgIpc) is 2.73. The second-order valence-electron chi connectivity index (χ2n) is 3.84. The minimum atomic E-state index is -1.06. The van der Waals surface area contributed by atoms with Gasteiger partial charge in [0.05, 0.1) is 6.54 Å². The van der Waals surface area contributed by atoms with Crippen molar-refractivity contribution < 1.29 is 4.39 Å². The molecule has 14 heavy (non-hydrogen) atoms. The van der Waals surface area contributed by atoms with E-state index in [4.69, 9.17) is 0 Å². The molecule has 1 aliphatic rings. The first-order valence-corrected chi connectivity index (χ1v) is 4.85. The lowest BCUT2D eigenvalue weighted by Gasteiger charge is -2.18. The van der Waals surface area contributed by atoms with Gasteiger partial charge in [-0.05, 0) is 23.3 Å². The van der Waals surface area contributed by atoms with Crippen molar-refractivity contribution in [3.8, 4) is 0 Å². The van der Waals surface area contributed by atoms with Crippen LogP contribution in [0.2, 0.25) is 0 Å². The molecule has 0 unspecified atom stereocenters. The minimum Gasteiger partial charge on any atom is -0.350 e. The molecule has 0 bridgehead atoms. The van der Waals surface area contributed by atoms with E-state index in [0.29, 0.717) is 25.3 Å². The van der Waals surface area contributed by atoms with Crippen molar-refractivity contribution in [2.45, 2.75) is 31.4 Å². The molecule has 2 rings (SSSR count). The third kappa shape index (κ3) is 1.83. The zero-order chi connectivity index (χ0) is 10.0. The maximum atomic E-state index is 13.9. The van der Waals surface area contributed by atoms with Gasteiger partial charge in [0.15, 0.2) is 0 Å². The molecule has 1 heterocycles. The molecule has 1 aromatic rings. The number of hydrogen-bond donors (Lipinski definition) is 1. The van der Waals surface area contributed by atoms with Crippen LogP contribution in [0.4, 0.5) is 10.3 Å². The van der Waals surface area contributed by atoms with Crippen molar-refractivity contribution in [1.82, 2.24) is 20.2 Å². The topological polar surface area (TPSA) is 55.6 Å². The Morgan fingerprint density at radius 3 is 2.79 bits per heavy atom. The van der Waals surface area contributed by atoms with Crippen LogP contribution in [0.25, 0.3) is 0 Å². The standard InChI is InChI=1S/C8H14FN5/c1-14-7(11-12-13-14)10-6-8(9)4-2-3-5-8/h2-6H2,1H3,(H,10,11,13). The van der Waals surface area contributed by atoms with E-state index < -0.39 is 5.67 Å². The molecule has 0 saturated heterocycles. The molecule has 78 valence electrons. The monoisotopic (exact) mass is 199 g/mol. The van der Waals surface area contributed by atoms with Gasteiger partial charge in [-0.1, -0.05) is 17.9 Å². The van der Waals surface area contributed by atoms with Crippen molar-refractivity contribution in [3.05, 3.63) is 0 Å². The third-order valence-electron chi connectivity index (χ3n) is 2.68. The van der Waals surface area contributed by atoms with Gasteiger partial charge in [0.2, 0.25) is 5.95 Å². The Labute approximate surface area is 81.7 Å². The molecule has 0 radical (unpaired) electrons. The number of tetrazole rings is 1. The number of aryl methyl sites for hydroxylation is 1. The highest BCUT2D eigenvalue weighted by atomic mass is 19.1. The largest absolute Gasteiger partial charge is 0.350 e. The molecule has 1 fully saturated rings. The summed E-state index contributed by atoms with van der Waals surface area (Å²) in [6, 6.07) is 0. The first-order valence-electron chi connectivity index (χ1n) is 4.85. The minimum absolute atomic E-state index is 0.307. The molecular formula is C8H14FN5. The van der Waals surface area contributed by atoms with E-state index in [1.807, 2.05) is 0 Å². The van der Waals surface area contributed by atoms with Crippen LogP contribution >= 0.6 is 0 Å². The Kier molecular flexibility index (Phi) is 2.35. The van der Waals surface area contributed by atoms with E-state index in [1.165, 1.54) is 4.68 Å². The SMILES string of the molecule is Cn1nnnc1NCC1(F)CCCC1. The molecule has 1 aliphatic carbocycles. The lowest BCUT2D eigenvalue weighted by atomic mass is 10.1. The zero-order valence-electron chi connectivity index (χ0n) is 8.20. The fourth-order valence-electron chi connectivity index (χ4n) is 1.80. The predicted molar refractivity (Wildman–Crippen MR) is 49.6 cm³/mol. The van der Waals surface area contributed by atoms with Crippen LogP contribution in [0.3, 0.4) is 0 Å². The Hall–Kier alpha value is -1.20. The predicted octanol–water partition coefficient (Wildman–Crippen LogP) is 0.904. The van der Waals surface area contributed by atoms with Crippen LogP contribution in [-0.2, 0) is 7.05 Å². The van der Waals surface area contributed by atoms with E-state index in [0.717, 1.165) is 12.8 Å². The molecule has 5 nitrogen and oxygen atoms in total. The Morgan fingerprint density at radius 1 is 1.50 bits per heavy atom. The fourth-order valence-corrected chi connectivity index (χ4v) is 1.80. The van der Waals surface area contributed by atoms with Crippen molar-refractivity contribution >= 4 is 5.95 Å². The highest BCUT2D eigenvalue weighted by molar-refractivity contribution is 5.22. The number of rotatable bonds is 3. The molecule has 0 spiro atoms. The first-order chi connectivity index (χ1) is 6.70. The maximum absolute atomic E-state index is 13.9. The van der Waals surface area contributed by atoms with Crippen LogP contribution in [0, 0.1) is 0 Å². The highest BCUT2D eigenvalue weighted by Crippen LogP contribution is 2.33. The Bertz CT molecular complexity index is 304. The van der Waals surface area contributed by atoms with E-state index in [9.17, 15) is 4.39 Å². The smallest absolute Gasteiger partial charge is 0.242 e. The van der Waals surface area contributed by atoms with Gasteiger partial charge in [-0.3, -0.25) is 0 Å². The van der Waals surface area contributed by atoms with Crippen molar-refractivity contribution in [2.24, 2.45) is 7.05 Å². The average molecular weight is 199 g/mol. The lowest BCUT2D eigenvalue weighted by Crippen LogP contribution is -2.29. The van der Waals surface area contributed by atoms with Gasteiger partial charge in [-0.2, -0.15) is 0 Å². The third-order valence-corrected chi connectivity index (χ3v) is 2.68. The number of alkyl halides is 1. The Morgan fingerprint density at radius 2 is 2.21 bits per heavy atom. The summed E-state index contributed by atoms with van der Waals surface area (Å²) in [5, 5.41) is 13.8. The molecule has 1 aromatic heterocycles. The van der Waals surface area contributed by atoms with Gasteiger partial charge >= 0.3 is 0 Å². The van der Waals surface area contributed by atoms with Crippen LogP contribution in [-0.4, -0.2) is 32.4 Å². The van der Waals surface area contributed by atoms with E-state index in [1.54, 1.807) is 7.05 Å². The second kappa shape index (κ2) is 3.51. The number of nitrogens with one attached hydrogen (secondary N) is 1. The summed E-state index contributed by atoms with van der Waals surface area (Å²) in [7, 11) is 1.72. The maximum Gasteiger partial charge on any atom is 0.242 e. The van der Waals surface area contributed by atoms with Crippen molar-refractivity contribution in [2.75, 3.05) is 11.9 Å². The van der Waals surface area contributed by atoms with Crippen LogP contribution < -0.4 is 5.32 Å². The summed E-state index contributed by atoms with van der Waals surface area (Å²) in [4.78, 5) is 0. The zero-order valence-corrected chi connectivity index (χ0v) is 8.20. The molecule has 1 N–H and O–H groups in total. The van der Waals surface area contributed by atoms with E-state index in [-0.39, 0.29) is 0 Å². The molecular weight excluding hydrogens is 185 g/mol. The van der Waals surface area contributed by atoms with Crippen LogP contribution in [0.5, 0.6) is 0 Å². The molecule has 1 saturated carbocycles. The normalized spacial score (nSPS) is 19.9. The van der Waals surface area contributed by atoms with Crippen LogP contribution in [0.15, 0.2) is 0 Å². The van der Waals surface area contributed by atoms with Gasteiger partial charge in [0.25, 0.3) is 0 Å². The lowest BCUT2D eigenvalue weighted by molar-refractivity contribution is 0.189. The molecule has 0 amide bonds. The summed E-state index contributed by atoms with van der Waals surface area (Å²) in [6.07, 6.45) is 3.25. The Balaban J connectivity index is 1.91. The number of anilines is 1. The number of halogens is 1. The first kappa shape index (κ1) is 9.36. The number of aromatic nitrogens is 4.